The summed E-state index contributed by atoms with van der Waals surface area (Å²) in [5.74, 6) is 1.99. The lowest BCUT2D eigenvalue weighted by atomic mass is 10.1. The number of fused-ring (bicyclic) bond motifs is 1. The van der Waals surface area contributed by atoms with Crippen molar-refractivity contribution in [1.82, 2.24) is 4.98 Å². The molecule has 0 saturated carbocycles. The maximum absolute atomic E-state index is 12.8. The van der Waals surface area contributed by atoms with Crippen molar-refractivity contribution in [2.75, 3.05) is 39.4 Å². The molecule has 1 amide bonds. The molecule has 8 heteroatoms. The number of benzene rings is 2. The highest BCUT2D eigenvalue weighted by Crippen LogP contribution is 2.36. The Morgan fingerprint density at radius 1 is 0.969 bits per heavy atom. The van der Waals surface area contributed by atoms with Crippen molar-refractivity contribution < 1.29 is 28.5 Å². The molecule has 3 aromatic rings. The number of ketones is 1. The summed E-state index contributed by atoms with van der Waals surface area (Å²) in [7, 11) is 4.68. The molecule has 0 aliphatic carbocycles. The van der Waals surface area contributed by atoms with Crippen LogP contribution in [-0.2, 0) is 4.79 Å². The number of rotatable bonds is 7. The SMILES string of the molecule is COc1ccc(C(=O)CN2C(=O)COc3ccc(-c4ccc(OC)c(OC)c4)nc32)cc1. The second-order valence-corrected chi connectivity index (χ2v) is 7.01. The highest BCUT2D eigenvalue weighted by molar-refractivity contribution is 6.06. The Balaban J connectivity index is 1.66. The number of pyridine rings is 1. The molecule has 2 aromatic carbocycles. The average molecular weight is 434 g/mol. The van der Waals surface area contributed by atoms with Crippen molar-refractivity contribution in [3.05, 3.63) is 60.2 Å². The zero-order valence-electron chi connectivity index (χ0n) is 18.0. The molecule has 0 fully saturated rings. The molecule has 1 aliphatic rings. The second-order valence-electron chi connectivity index (χ2n) is 7.01. The molecule has 1 aromatic heterocycles. The number of aromatic nitrogens is 1. The predicted octanol–water partition coefficient (Wildman–Crippen LogP) is 3.38. The Kier molecular flexibility index (Phi) is 5.93. The number of hydrogen-bond donors (Lipinski definition) is 0. The Bertz CT molecular complexity index is 1160. The lowest BCUT2D eigenvalue weighted by Gasteiger charge is -2.28. The molecule has 2 heterocycles. The molecule has 0 bridgehead atoms. The summed E-state index contributed by atoms with van der Waals surface area (Å²) in [5, 5.41) is 0. The van der Waals surface area contributed by atoms with Crippen LogP contribution < -0.4 is 23.8 Å². The zero-order chi connectivity index (χ0) is 22.7. The first kappa shape index (κ1) is 21.2. The molecule has 0 N–H and O–H groups in total. The smallest absolute Gasteiger partial charge is 0.266 e. The van der Waals surface area contributed by atoms with Gasteiger partial charge in [-0.1, -0.05) is 0 Å². The lowest BCUT2D eigenvalue weighted by molar-refractivity contribution is -0.121. The van der Waals surface area contributed by atoms with E-state index in [0.717, 1.165) is 5.56 Å². The molecular weight excluding hydrogens is 412 g/mol. The first-order valence-corrected chi connectivity index (χ1v) is 9.88. The minimum absolute atomic E-state index is 0.149. The van der Waals surface area contributed by atoms with Crippen LogP contribution in [0.1, 0.15) is 10.4 Å². The van der Waals surface area contributed by atoms with Gasteiger partial charge >= 0.3 is 0 Å². The number of carbonyl (C=O) groups is 2. The van der Waals surface area contributed by atoms with Gasteiger partial charge in [0.25, 0.3) is 5.91 Å². The molecule has 32 heavy (non-hydrogen) atoms. The fourth-order valence-electron chi connectivity index (χ4n) is 3.41. The third-order valence-electron chi connectivity index (χ3n) is 5.14. The van der Waals surface area contributed by atoms with Gasteiger partial charge in [-0.2, -0.15) is 0 Å². The summed E-state index contributed by atoms with van der Waals surface area (Å²) in [4.78, 5) is 31.4. The average Bonchev–Trinajstić information content (AvgIpc) is 2.85. The first-order valence-electron chi connectivity index (χ1n) is 9.88. The van der Waals surface area contributed by atoms with Crippen LogP contribution in [0.3, 0.4) is 0 Å². The quantitative estimate of drug-likeness (QED) is 0.527. The van der Waals surface area contributed by atoms with Crippen LogP contribution in [-0.4, -0.2) is 51.2 Å². The van der Waals surface area contributed by atoms with Crippen molar-refractivity contribution in [2.24, 2.45) is 0 Å². The van der Waals surface area contributed by atoms with E-state index in [-0.39, 0.29) is 24.8 Å². The van der Waals surface area contributed by atoms with Crippen molar-refractivity contribution in [2.45, 2.75) is 0 Å². The lowest BCUT2D eigenvalue weighted by Crippen LogP contribution is -2.42. The van der Waals surface area contributed by atoms with Crippen LogP contribution in [0, 0.1) is 0 Å². The Hall–Kier alpha value is -4.07. The van der Waals surface area contributed by atoms with Gasteiger partial charge in [-0.25, -0.2) is 4.98 Å². The van der Waals surface area contributed by atoms with Gasteiger partial charge in [-0.15, -0.1) is 0 Å². The van der Waals surface area contributed by atoms with E-state index in [1.165, 1.54) is 4.90 Å². The highest BCUT2D eigenvalue weighted by Gasteiger charge is 2.29. The fraction of sp³-hybridized carbons (Fsp3) is 0.208. The number of carbonyl (C=O) groups excluding carboxylic acids is 2. The zero-order valence-corrected chi connectivity index (χ0v) is 18.0. The Morgan fingerprint density at radius 3 is 2.41 bits per heavy atom. The van der Waals surface area contributed by atoms with Gasteiger partial charge in [-0.3, -0.25) is 14.5 Å². The predicted molar refractivity (Wildman–Crippen MR) is 118 cm³/mol. The summed E-state index contributed by atoms with van der Waals surface area (Å²) in [6.07, 6.45) is 0. The minimum atomic E-state index is -0.337. The number of ether oxygens (including phenoxy) is 4. The maximum atomic E-state index is 12.8. The second kappa shape index (κ2) is 8.97. The van der Waals surface area contributed by atoms with Gasteiger partial charge in [0.05, 0.1) is 33.6 Å². The van der Waals surface area contributed by atoms with E-state index >= 15 is 0 Å². The number of methoxy groups -OCH3 is 3. The van der Waals surface area contributed by atoms with Gasteiger partial charge in [-0.05, 0) is 54.6 Å². The van der Waals surface area contributed by atoms with Crippen LogP contribution in [0.15, 0.2) is 54.6 Å². The Labute approximate surface area is 185 Å². The summed E-state index contributed by atoms with van der Waals surface area (Å²) in [6.45, 7) is -0.301. The van der Waals surface area contributed by atoms with Crippen molar-refractivity contribution >= 4 is 17.5 Å². The van der Waals surface area contributed by atoms with Gasteiger partial charge < -0.3 is 18.9 Å². The summed E-state index contributed by atoms with van der Waals surface area (Å²) < 4.78 is 21.3. The topological polar surface area (TPSA) is 87.2 Å². The molecule has 0 spiro atoms. The van der Waals surface area contributed by atoms with E-state index in [0.29, 0.717) is 40.1 Å². The molecule has 4 rings (SSSR count). The molecule has 0 radical (unpaired) electrons. The third kappa shape index (κ3) is 4.07. The molecule has 0 atom stereocenters. The number of amides is 1. The minimum Gasteiger partial charge on any atom is -0.497 e. The molecule has 1 aliphatic heterocycles. The summed E-state index contributed by atoms with van der Waals surface area (Å²) >= 11 is 0. The summed E-state index contributed by atoms with van der Waals surface area (Å²) in [6, 6.07) is 15.7. The van der Waals surface area contributed by atoms with Crippen molar-refractivity contribution in [3.63, 3.8) is 0 Å². The van der Waals surface area contributed by atoms with E-state index in [4.69, 9.17) is 18.9 Å². The van der Waals surface area contributed by atoms with Gasteiger partial charge in [0, 0.05) is 11.1 Å². The van der Waals surface area contributed by atoms with Crippen molar-refractivity contribution in [1.29, 1.82) is 0 Å². The Morgan fingerprint density at radius 2 is 1.72 bits per heavy atom. The monoisotopic (exact) mass is 434 g/mol. The van der Waals surface area contributed by atoms with Crippen LogP contribution in [0.2, 0.25) is 0 Å². The number of nitrogens with zero attached hydrogens (tertiary/aromatic N) is 2. The van der Waals surface area contributed by atoms with E-state index in [9.17, 15) is 9.59 Å². The van der Waals surface area contributed by atoms with Crippen molar-refractivity contribution in [3.8, 4) is 34.3 Å². The van der Waals surface area contributed by atoms with Gasteiger partial charge in [0.15, 0.2) is 35.5 Å². The number of anilines is 1. The van der Waals surface area contributed by atoms with Gasteiger partial charge in [0.1, 0.15) is 5.75 Å². The van der Waals surface area contributed by atoms with E-state index in [1.807, 2.05) is 6.07 Å². The van der Waals surface area contributed by atoms with Crippen LogP contribution in [0.5, 0.6) is 23.0 Å². The van der Waals surface area contributed by atoms with E-state index in [1.54, 1.807) is 69.9 Å². The standard InChI is InChI=1S/C24H22N2O6/c1-29-17-7-4-15(5-8-17)19(27)13-26-23(28)14-32-21-11-9-18(25-24(21)26)16-6-10-20(30-2)22(12-16)31-3/h4-12H,13-14H2,1-3H3. The highest BCUT2D eigenvalue weighted by atomic mass is 16.5. The van der Waals surface area contributed by atoms with Crippen LogP contribution >= 0.6 is 0 Å². The molecule has 0 unspecified atom stereocenters. The molecule has 0 saturated heterocycles. The first-order chi connectivity index (χ1) is 15.5. The molecule has 164 valence electrons. The van der Waals surface area contributed by atoms with Crippen LogP contribution in [0.4, 0.5) is 5.82 Å². The van der Waals surface area contributed by atoms with E-state index < -0.39 is 0 Å². The third-order valence-corrected chi connectivity index (χ3v) is 5.14. The number of hydrogen-bond acceptors (Lipinski definition) is 7. The largest absolute Gasteiger partial charge is 0.497 e. The summed E-state index contributed by atoms with van der Waals surface area (Å²) in [5.41, 5.74) is 1.84. The van der Waals surface area contributed by atoms with E-state index in [2.05, 4.69) is 4.98 Å². The maximum Gasteiger partial charge on any atom is 0.266 e. The van der Waals surface area contributed by atoms with Crippen LogP contribution in [0.25, 0.3) is 11.3 Å². The molecular formula is C24H22N2O6. The number of Topliss-reactive ketones (excluding diaryl/α,β-unsaturated/α-hetero) is 1. The van der Waals surface area contributed by atoms with Gasteiger partial charge in [0.2, 0.25) is 0 Å². The normalized spacial score (nSPS) is 12.6. The molecule has 8 nitrogen and oxygen atoms in total. The fourth-order valence-corrected chi connectivity index (χ4v) is 3.41.